The van der Waals surface area contributed by atoms with Gasteiger partial charge in [-0.1, -0.05) is 17.7 Å². The van der Waals surface area contributed by atoms with Crippen molar-refractivity contribution in [3.8, 4) is 5.75 Å². The Kier molecular flexibility index (Phi) is 4.22. The Morgan fingerprint density at radius 1 is 1.32 bits per heavy atom. The molecule has 0 aliphatic rings. The van der Waals surface area contributed by atoms with Crippen molar-refractivity contribution in [2.24, 2.45) is 5.73 Å². The molecule has 0 fully saturated rings. The fraction of sp³-hybridized carbons (Fsp3) is 0.400. The molecule has 2 aromatic rings. The maximum Gasteiger partial charge on any atom is 0.123 e. The van der Waals surface area contributed by atoms with Gasteiger partial charge in [0.1, 0.15) is 5.75 Å². The minimum Gasteiger partial charge on any atom is -0.496 e. The first-order valence-electron chi connectivity index (χ1n) is 6.34. The topological polar surface area (TPSA) is 48.1 Å². The molecule has 2 N–H and O–H groups in total. The molecule has 0 bridgehead atoms. The molecule has 1 aromatic heterocycles. The van der Waals surface area contributed by atoms with E-state index in [0.29, 0.717) is 0 Å². The summed E-state index contributed by atoms with van der Waals surface area (Å²) in [4.78, 5) is 5.81. The number of nitrogens with zero attached hydrogens (tertiary/aromatic N) is 1. The standard InChI is InChI=1S/C15H20N2OS/c1-9-5-6-14(18-4)12(7-9)13(16)8-15-17-10(2)11(3)19-15/h5-7,13H,8,16H2,1-4H3. The highest BCUT2D eigenvalue weighted by Gasteiger charge is 2.15. The predicted octanol–water partition coefficient (Wildman–Crippen LogP) is 3.32. The third-order valence-electron chi connectivity index (χ3n) is 3.25. The number of ether oxygens (including phenoxy) is 1. The van der Waals surface area contributed by atoms with Crippen molar-refractivity contribution in [1.29, 1.82) is 0 Å². The van der Waals surface area contributed by atoms with E-state index in [4.69, 9.17) is 10.5 Å². The van der Waals surface area contributed by atoms with Crippen LogP contribution in [0.2, 0.25) is 0 Å². The normalized spacial score (nSPS) is 12.5. The molecule has 19 heavy (non-hydrogen) atoms. The molecule has 1 heterocycles. The first kappa shape index (κ1) is 14.0. The van der Waals surface area contributed by atoms with E-state index in [-0.39, 0.29) is 6.04 Å². The van der Waals surface area contributed by atoms with Crippen LogP contribution in [0.25, 0.3) is 0 Å². The maximum absolute atomic E-state index is 6.32. The van der Waals surface area contributed by atoms with Crippen LogP contribution in [0, 0.1) is 20.8 Å². The molecule has 0 aliphatic carbocycles. The van der Waals surface area contributed by atoms with Gasteiger partial charge in [0.2, 0.25) is 0 Å². The van der Waals surface area contributed by atoms with Crippen LogP contribution >= 0.6 is 11.3 Å². The van der Waals surface area contributed by atoms with Crippen molar-refractivity contribution < 1.29 is 4.74 Å². The molecule has 1 unspecified atom stereocenters. The lowest BCUT2D eigenvalue weighted by molar-refractivity contribution is 0.405. The predicted molar refractivity (Wildman–Crippen MR) is 80.0 cm³/mol. The second-order valence-electron chi connectivity index (χ2n) is 4.81. The highest BCUT2D eigenvalue weighted by atomic mass is 32.1. The van der Waals surface area contributed by atoms with E-state index >= 15 is 0 Å². The van der Waals surface area contributed by atoms with Gasteiger partial charge in [-0.15, -0.1) is 11.3 Å². The average Bonchev–Trinajstić information content (AvgIpc) is 2.68. The lowest BCUT2D eigenvalue weighted by atomic mass is 10.0. The minimum atomic E-state index is -0.0835. The Morgan fingerprint density at radius 2 is 2.05 bits per heavy atom. The summed E-state index contributed by atoms with van der Waals surface area (Å²) in [6, 6.07) is 6.02. The summed E-state index contributed by atoms with van der Waals surface area (Å²) < 4.78 is 5.39. The number of aryl methyl sites for hydroxylation is 3. The second kappa shape index (κ2) is 5.72. The Labute approximate surface area is 118 Å². The van der Waals surface area contributed by atoms with Crippen LogP contribution in [0.5, 0.6) is 5.75 Å². The zero-order valence-electron chi connectivity index (χ0n) is 11.9. The maximum atomic E-state index is 6.32. The molecular weight excluding hydrogens is 256 g/mol. The van der Waals surface area contributed by atoms with Crippen LogP contribution < -0.4 is 10.5 Å². The molecule has 3 nitrogen and oxygen atoms in total. The highest BCUT2D eigenvalue weighted by molar-refractivity contribution is 7.11. The van der Waals surface area contributed by atoms with Crippen molar-refractivity contribution >= 4 is 11.3 Å². The molecule has 2 rings (SSSR count). The van der Waals surface area contributed by atoms with Crippen molar-refractivity contribution in [3.05, 3.63) is 44.9 Å². The molecule has 0 saturated heterocycles. The zero-order valence-corrected chi connectivity index (χ0v) is 12.7. The highest BCUT2D eigenvalue weighted by Crippen LogP contribution is 2.28. The van der Waals surface area contributed by atoms with E-state index in [1.807, 2.05) is 19.1 Å². The van der Waals surface area contributed by atoms with Crippen LogP contribution in [-0.4, -0.2) is 12.1 Å². The summed E-state index contributed by atoms with van der Waals surface area (Å²) in [5.41, 5.74) is 9.66. The van der Waals surface area contributed by atoms with Crippen LogP contribution in [0.3, 0.4) is 0 Å². The first-order chi connectivity index (χ1) is 9.01. The molecule has 0 amide bonds. The molecule has 1 atom stereocenters. The van der Waals surface area contributed by atoms with Crippen molar-refractivity contribution in [2.75, 3.05) is 7.11 Å². The van der Waals surface area contributed by atoms with Crippen molar-refractivity contribution in [1.82, 2.24) is 4.98 Å². The molecule has 0 aliphatic heterocycles. The summed E-state index contributed by atoms with van der Waals surface area (Å²) in [6.07, 6.45) is 0.749. The fourth-order valence-electron chi connectivity index (χ4n) is 2.07. The first-order valence-corrected chi connectivity index (χ1v) is 7.16. The van der Waals surface area contributed by atoms with E-state index < -0.39 is 0 Å². The average molecular weight is 276 g/mol. The molecule has 4 heteroatoms. The van der Waals surface area contributed by atoms with Gasteiger partial charge in [-0.2, -0.15) is 0 Å². The van der Waals surface area contributed by atoms with Crippen molar-refractivity contribution in [3.63, 3.8) is 0 Å². The van der Waals surface area contributed by atoms with E-state index in [0.717, 1.165) is 28.4 Å². The Balaban J connectivity index is 2.24. The quantitative estimate of drug-likeness (QED) is 0.932. The fourth-order valence-corrected chi connectivity index (χ4v) is 3.06. The Bertz CT molecular complexity index is 558. The number of methoxy groups -OCH3 is 1. The van der Waals surface area contributed by atoms with Gasteiger partial charge in [-0.05, 0) is 26.8 Å². The van der Waals surface area contributed by atoms with Gasteiger partial charge in [0.25, 0.3) is 0 Å². The van der Waals surface area contributed by atoms with Gasteiger partial charge in [0, 0.05) is 22.9 Å². The van der Waals surface area contributed by atoms with Gasteiger partial charge in [0.15, 0.2) is 0 Å². The number of thiazole rings is 1. The van der Waals surface area contributed by atoms with Crippen molar-refractivity contribution in [2.45, 2.75) is 33.2 Å². The third kappa shape index (κ3) is 3.14. The van der Waals surface area contributed by atoms with Crippen LogP contribution in [-0.2, 0) is 6.42 Å². The summed E-state index contributed by atoms with van der Waals surface area (Å²) >= 11 is 1.72. The summed E-state index contributed by atoms with van der Waals surface area (Å²) in [6.45, 7) is 6.19. The number of nitrogens with two attached hydrogens (primary N) is 1. The third-order valence-corrected chi connectivity index (χ3v) is 4.35. The van der Waals surface area contributed by atoms with Gasteiger partial charge in [-0.25, -0.2) is 4.98 Å². The molecular formula is C15H20N2OS. The van der Waals surface area contributed by atoms with Crippen LogP contribution in [0.4, 0.5) is 0 Å². The lowest BCUT2D eigenvalue weighted by Crippen LogP contribution is -2.14. The number of hydrogen-bond donors (Lipinski definition) is 1. The Hall–Kier alpha value is -1.39. The van der Waals surface area contributed by atoms with Gasteiger partial charge in [0.05, 0.1) is 17.8 Å². The second-order valence-corrected chi connectivity index (χ2v) is 6.09. The number of rotatable bonds is 4. The SMILES string of the molecule is COc1ccc(C)cc1C(N)Cc1nc(C)c(C)s1. The van der Waals surface area contributed by atoms with E-state index in [2.05, 4.69) is 24.9 Å². The largest absolute Gasteiger partial charge is 0.496 e. The molecule has 0 spiro atoms. The number of benzene rings is 1. The smallest absolute Gasteiger partial charge is 0.123 e. The lowest BCUT2D eigenvalue weighted by Gasteiger charge is -2.15. The Morgan fingerprint density at radius 3 is 2.63 bits per heavy atom. The van der Waals surface area contributed by atoms with E-state index in [1.54, 1.807) is 18.4 Å². The van der Waals surface area contributed by atoms with E-state index in [1.165, 1.54) is 10.4 Å². The summed E-state index contributed by atoms with van der Waals surface area (Å²) in [7, 11) is 1.68. The summed E-state index contributed by atoms with van der Waals surface area (Å²) in [5, 5.41) is 1.09. The molecule has 1 aromatic carbocycles. The monoisotopic (exact) mass is 276 g/mol. The van der Waals surface area contributed by atoms with Gasteiger partial charge in [-0.3, -0.25) is 0 Å². The van der Waals surface area contributed by atoms with E-state index in [9.17, 15) is 0 Å². The number of hydrogen-bond acceptors (Lipinski definition) is 4. The van der Waals surface area contributed by atoms with Gasteiger partial charge < -0.3 is 10.5 Å². The zero-order chi connectivity index (χ0) is 14.0. The molecule has 0 radical (unpaired) electrons. The van der Waals surface area contributed by atoms with Gasteiger partial charge >= 0.3 is 0 Å². The molecule has 102 valence electrons. The summed E-state index contributed by atoms with van der Waals surface area (Å²) in [5.74, 6) is 0.850. The van der Waals surface area contributed by atoms with Crippen LogP contribution in [0.15, 0.2) is 18.2 Å². The minimum absolute atomic E-state index is 0.0835. The molecule has 0 saturated carbocycles. The van der Waals surface area contributed by atoms with Crippen LogP contribution in [0.1, 0.15) is 32.7 Å². The number of aromatic nitrogens is 1.